The van der Waals surface area contributed by atoms with Crippen molar-refractivity contribution in [3.63, 3.8) is 0 Å². The number of aromatic amines is 1. The van der Waals surface area contributed by atoms with E-state index in [-0.39, 0.29) is 27.0 Å². The lowest BCUT2D eigenvalue weighted by Crippen LogP contribution is -2.20. The first kappa shape index (κ1) is 13.7. The van der Waals surface area contributed by atoms with E-state index in [9.17, 15) is 13.2 Å². The van der Waals surface area contributed by atoms with E-state index < -0.39 is 15.4 Å². The molecule has 90 valence electrons. The molecule has 1 N–H and O–H groups in total. The molecule has 8 heteroatoms. The number of nitrogens with zero attached hydrogens (tertiary/aromatic N) is 1. The molecule has 1 aromatic rings. The fourth-order valence-electron chi connectivity index (χ4n) is 1.08. The number of rotatable bonds is 4. The van der Waals surface area contributed by atoms with Crippen LogP contribution in [0.3, 0.4) is 0 Å². The van der Waals surface area contributed by atoms with Gasteiger partial charge in [0.1, 0.15) is 4.47 Å². The summed E-state index contributed by atoms with van der Waals surface area (Å²) in [4.78, 5) is 17.1. The van der Waals surface area contributed by atoms with Gasteiger partial charge in [-0.25, -0.2) is 13.4 Å². The molecule has 0 fully saturated rings. The van der Waals surface area contributed by atoms with Crippen LogP contribution in [0.4, 0.5) is 0 Å². The number of hydrogen-bond donors (Lipinski definition) is 1. The van der Waals surface area contributed by atoms with Crippen molar-refractivity contribution in [3.8, 4) is 0 Å². The molecule has 0 bridgehead atoms. The third kappa shape index (κ3) is 3.05. The molecule has 1 atom stereocenters. The number of hydrogen-bond acceptors (Lipinski definition) is 4. The van der Waals surface area contributed by atoms with Gasteiger partial charge in [-0.05, 0) is 21.8 Å². The molecule has 0 saturated heterocycles. The van der Waals surface area contributed by atoms with Crippen LogP contribution in [-0.2, 0) is 9.84 Å². The van der Waals surface area contributed by atoms with Crippen LogP contribution >= 0.6 is 27.5 Å². The summed E-state index contributed by atoms with van der Waals surface area (Å²) >= 11 is 8.46. The number of nitrogens with one attached hydrogen (secondary N) is 1. The van der Waals surface area contributed by atoms with Gasteiger partial charge < -0.3 is 4.98 Å². The number of H-pyrrole nitrogens is 1. The molecule has 1 unspecified atom stereocenters. The van der Waals surface area contributed by atoms with Crippen molar-refractivity contribution in [1.82, 2.24) is 9.97 Å². The molecule has 1 rings (SSSR count). The van der Waals surface area contributed by atoms with E-state index >= 15 is 0 Å². The smallest absolute Gasteiger partial charge is 0.266 e. The largest absolute Gasteiger partial charge is 0.312 e. The zero-order valence-electron chi connectivity index (χ0n) is 8.41. The van der Waals surface area contributed by atoms with E-state index in [1.54, 1.807) is 6.92 Å². The average molecular weight is 330 g/mol. The van der Waals surface area contributed by atoms with E-state index in [1.165, 1.54) is 0 Å². The Labute approximate surface area is 106 Å². The third-order valence-electron chi connectivity index (χ3n) is 1.83. The minimum atomic E-state index is -3.59. The maximum atomic E-state index is 11.9. The van der Waals surface area contributed by atoms with Gasteiger partial charge in [-0.15, -0.1) is 11.6 Å². The average Bonchev–Trinajstić information content (AvgIpc) is 2.21. The number of aromatic nitrogens is 2. The molecular weight excluding hydrogens is 320 g/mol. The molecule has 0 amide bonds. The van der Waals surface area contributed by atoms with Gasteiger partial charge in [0, 0.05) is 5.88 Å². The van der Waals surface area contributed by atoms with E-state index in [4.69, 9.17) is 11.6 Å². The molecule has 5 nitrogen and oxygen atoms in total. The van der Waals surface area contributed by atoms with Crippen LogP contribution in [0.25, 0.3) is 0 Å². The Balaban J connectivity index is 3.18. The summed E-state index contributed by atoms with van der Waals surface area (Å²) in [6.07, 6.45) is 1.06. The zero-order chi connectivity index (χ0) is 12.3. The minimum Gasteiger partial charge on any atom is -0.312 e. The highest BCUT2D eigenvalue weighted by molar-refractivity contribution is 9.10. The summed E-state index contributed by atoms with van der Waals surface area (Å²) in [7, 11) is -3.59. The highest BCUT2D eigenvalue weighted by Crippen LogP contribution is 2.18. The SMILES string of the molecule is CC(CCl)CS(=O)(=O)c1nc[nH]c(=O)c1Br. The minimum absolute atomic E-state index is 0.0724. The fraction of sp³-hybridized carbons (Fsp3) is 0.500. The molecule has 16 heavy (non-hydrogen) atoms. The predicted octanol–water partition coefficient (Wildman–Crippen LogP) is 1.18. The van der Waals surface area contributed by atoms with Gasteiger partial charge in [0.05, 0.1) is 12.1 Å². The summed E-state index contributed by atoms with van der Waals surface area (Å²) in [6, 6.07) is 0. The summed E-state index contributed by atoms with van der Waals surface area (Å²) in [5, 5.41) is -0.242. The van der Waals surface area contributed by atoms with Crippen LogP contribution in [0.15, 0.2) is 20.6 Å². The monoisotopic (exact) mass is 328 g/mol. The predicted molar refractivity (Wildman–Crippen MR) is 64.5 cm³/mol. The van der Waals surface area contributed by atoms with Crippen LogP contribution in [0.1, 0.15) is 6.92 Å². The zero-order valence-corrected chi connectivity index (χ0v) is 11.6. The first-order valence-electron chi connectivity index (χ1n) is 4.40. The van der Waals surface area contributed by atoms with Crippen molar-refractivity contribution in [2.45, 2.75) is 11.9 Å². The maximum Gasteiger partial charge on any atom is 0.266 e. The van der Waals surface area contributed by atoms with Crippen molar-refractivity contribution < 1.29 is 8.42 Å². The van der Waals surface area contributed by atoms with E-state index in [0.29, 0.717) is 0 Å². The first-order valence-corrected chi connectivity index (χ1v) is 7.38. The Morgan fingerprint density at radius 1 is 1.62 bits per heavy atom. The van der Waals surface area contributed by atoms with Crippen molar-refractivity contribution >= 4 is 37.4 Å². The lowest BCUT2D eigenvalue weighted by Gasteiger charge is -2.08. The highest BCUT2D eigenvalue weighted by atomic mass is 79.9. The number of sulfone groups is 1. The van der Waals surface area contributed by atoms with Crippen LogP contribution in [0.5, 0.6) is 0 Å². The van der Waals surface area contributed by atoms with Gasteiger partial charge in [0.2, 0.25) is 0 Å². The second-order valence-electron chi connectivity index (χ2n) is 3.39. The van der Waals surface area contributed by atoms with E-state index in [1.807, 2.05) is 0 Å². The molecule has 0 saturated carbocycles. The lowest BCUT2D eigenvalue weighted by atomic mass is 10.3. The molecule has 0 spiro atoms. The topological polar surface area (TPSA) is 79.9 Å². The van der Waals surface area contributed by atoms with Crippen LogP contribution < -0.4 is 5.56 Å². The molecule has 1 aromatic heterocycles. The second kappa shape index (κ2) is 5.29. The Bertz CT molecular complexity index is 528. The van der Waals surface area contributed by atoms with E-state index in [2.05, 4.69) is 25.9 Å². The molecule has 0 aliphatic heterocycles. The quantitative estimate of drug-likeness (QED) is 0.664. The molecule has 0 aromatic carbocycles. The van der Waals surface area contributed by atoms with Crippen LogP contribution in [-0.4, -0.2) is 30.0 Å². The summed E-state index contributed by atoms with van der Waals surface area (Å²) in [6.45, 7) is 1.71. The van der Waals surface area contributed by atoms with Gasteiger partial charge in [-0.3, -0.25) is 4.79 Å². The Morgan fingerprint density at radius 3 is 2.81 bits per heavy atom. The van der Waals surface area contributed by atoms with Crippen molar-refractivity contribution in [2.24, 2.45) is 5.92 Å². The van der Waals surface area contributed by atoms with Crippen molar-refractivity contribution in [2.75, 3.05) is 11.6 Å². The fourth-order valence-corrected chi connectivity index (χ4v) is 3.88. The van der Waals surface area contributed by atoms with Crippen molar-refractivity contribution in [1.29, 1.82) is 0 Å². The van der Waals surface area contributed by atoms with Gasteiger partial charge >= 0.3 is 0 Å². The van der Waals surface area contributed by atoms with Gasteiger partial charge in [-0.2, -0.15) is 0 Å². The van der Waals surface area contributed by atoms with E-state index in [0.717, 1.165) is 6.33 Å². The lowest BCUT2D eigenvalue weighted by molar-refractivity contribution is 0.578. The summed E-state index contributed by atoms with van der Waals surface area (Å²) in [5.74, 6) is -0.0920. The van der Waals surface area contributed by atoms with Gasteiger partial charge in [-0.1, -0.05) is 6.92 Å². The molecule has 0 aliphatic rings. The Morgan fingerprint density at radius 2 is 2.25 bits per heavy atom. The highest BCUT2D eigenvalue weighted by Gasteiger charge is 2.23. The summed E-state index contributed by atoms with van der Waals surface area (Å²) in [5.41, 5.74) is -0.521. The number of halogens is 2. The Kier molecular flexibility index (Phi) is 4.52. The molecule has 0 aliphatic carbocycles. The summed E-state index contributed by atoms with van der Waals surface area (Å²) < 4.78 is 23.7. The molecule has 0 radical (unpaired) electrons. The van der Waals surface area contributed by atoms with Crippen molar-refractivity contribution in [3.05, 3.63) is 21.2 Å². The second-order valence-corrected chi connectivity index (χ2v) is 6.44. The first-order chi connectivity index (χ1) is 7.38. The normalized spacial score (nSPS) is 13.7. The Hall–Kier alpha value is -0.400. The van der Waals surface area contributed by atoms with Gasteiger partial charge in [0.15, 0.2) is 14.9 Å². The van der Waals surface area contributed by atoms with Crippen LogP contribution in [0.2, 0.25) is 0 Å². The van der Waals surface area contributed by atoms with Gasteiger partial charge in [0.25, 0.3) is 5.56 Å². The third-order valence-corrected chi connectivity index (χ3v) is 5.26. The van der Waals surface area contributed by atoms with Crippen LogP contribution in [0, 0.1) is 5.92 Å². The standard InChI is InChI=1S/C8H10BrClN2O3S/c1-5(2-10)3-16(14,15)8-6(9)7(13)11-4-12-8/h4-5H,2-3H2,1H3,(H,11,12,13). The molecular formula is C8H10BrClN2O3S. The number of alkyl halides is 1. The molecule has 1 heterocycles. The maximum absolute atomic E-state index is 11.9.